The molecule has 1 aliphatic rings. The first kappa shape index (κ1) is 17.3. The minimum atomic E-state index is -0.523. The number of carbonyl (C=O) groups excluding carboxylic acids is 1. The number of ether oxygens (including phenoxy) is 2. The van der Waals surface area contributed by atoms with Crippen molar-refractivity contribution in [3.63, 3.8) is 0 Å². The summed E-state index contributed by atoms with van der Waals surface area (Å²) in [7, 11) is 0. The molecule has 1 fully saturated rings. The van der Waals surface area contributed by atoms with E-state index in [4.69, 9.17) is 21.1 Å². The van der Waals surface area contributed by atoms with Crippen LogP contribution in [0.1, 0.15) is 26.2 Å². The Bertz CT molecular complexity index is 581. The summed E-state index contributed by atoms with van der Waals surface area (Å²) in [5.74, 6) is 0.329. The van der Waals surface area contributed by atoms with E-state index in [1.54, 1.807) is 4.90 Å². The molecule has 0 N–H and O–H groups in total. The first-order chi connectivity index (χ1) is 11.0. The van der Waals surface area contributed by atoms with Crippen molar-refractivity contribution in [2.75, 3.05) is 19.7 Å². The van der Waals surface area contributed by atoms with Gasteiger partial charge in [-0.15, -0.1) is 0 Å². The number of hydrogen-bond donors (Lipinski definition) is 0. The molecular weight excluding hydrogens is 324 g/mol. The van der Waals surface area contributed by atoms with Crippen molar-refractivity contribution in [2.45, 2.75) is 32.3 Å². The lowest BCUT2D eigenvalue weighted by atomic mass is 10.3. The number of benzene rings is 1. The standard InChI is InChI=1S/C15H19ClN2O5/c1-2-3-6-22-15(19)17-5-4-13(10-17)23-14-8-11(16)7-12(9-14)18(20)21/h7-9,13H,2-6,10H2,1H3. The van der Waals surface area contributed by atoms with Crippen LogP contribution in [0, 0.1) is 10.1 Å². The molecule has 1 atom stereocenters. The normalized spacial score (nSPS) is 17.1. The molecule has 1 aliphatic heterocycles. The average Bonchev–Trinajstić information content (AvgIpc) is 2.95. The monoisotopic (exact) mass is 342 g/mol. The number of likely N-dealkylation sites (tertiary alicyclic amines) is 1. The van der Waals surface area contributed by atoms with Crippen molar-refractivity contribution in [3.05, 3.63) is 33.3 Å². The highest BCUT2D eigenvalue weighted by atomic mass is 35.5. The van der Waals surface area contributed by atoms with E-state index in [0.29, 0.717) is 31.9 Å². The highest BCUT2D eigenvalue weighted by Crippen LogP contribution is 2.28. The summed E-state index contributed by atoms with van der Waals surface area (Å²) in [6.07, 6.45) is 1.87. The summed E-state index contributed by atoms with van der Waals surface area (Å²) in [6.45, 7) is 3.37. The molecule has 1 amide bonds. The van der Waals surface area contributed by atoms with E-state index in [9.17, 15) is 14.9 Å². The first-order valence-corrected chi connectivity index (χ1v) is 7.90. The van der Waals surface area contributed by atoms with Gasteiger partial charge in [0.05, 0.1) is 29.2 Å². The molecule has 0 aromatic heterocycles. The Kier molecular flexibility index (Phi) is 6.04. The minimum absolute atomic E-state index is 0.124. The van der Waals surface area contributed by atoms with Crippen molar-refractivity contribution >= 4 is 23.4 Å². The van der Waals surface area contributed by atoms with Gasteiger partial charge in [0, 0.05) is 19.0 Å². The van der Waals surface area contributed by atoms with E-state index in [1.165, 1.54) is 18.2 Å². The van der Waals surface area contributed by atoms with Gasteiger partial charge in [0.1, 0.15) is 11.9 Å². The SMILES string of the molecule is CCCCOC(=O)N1CCC(Oc2cc(Cl)cc([N+](=O)[O-])c2)C1. The summed E-state index contributed by atoms with van der Waals surface area (Å²) in [6, 6.07) is 4.12. The van der Waals surface area contributed by atoms with Crippen LogP contribution in [0.25, 0.3) is 0 Å². The topological polar surface area (TPSA) is 81.9 Å². The van der Waals surface area contributed by atoms with Crippen LogP contribution in [0.4, 0.5) is 10.5 Å². The van der Waals surface area contributed by atoms with Crippen molar-refractivity contribution in [1.29, 1.82) is 0 Å². The summed E-state index contributed by atoms with van der Waals surface area (Å²) in [4.78, 5) is 23.7. The molecule has 1 aromatic rings. The van der Waals surface area contributed by atoms with Gasteiger partial charge >= 0.3 is 6.09 Å². The molecule has 1 saturated heterocycles. The summed E-state index contributed by atoms with van der Waals surface area (Å²) in [5.41, 5.74) is -0.124. The van der Waals surface area contributed by atoms with E-state index in [2.05, 4.69) is 0 Å². The molecular formula is C15H19ClN2O5. The molecule has 23 heavy (non-hydrogen) atoms. The second-order valence-electron chi connectivity index (χ2n) is 5.34. The van der Waals surface area contributed by atoms with Crippen LogP contribution >= 0.6 is 11.6 Å². The number of nitrogens with zero attached hydrogens (tertiary/aromatic N) is 2. The fraction of sp³-hybridized carbons (Fsp3) is 0.533. The number of nitro benzene ring substituents is 1. The lowest BCUT2D eigenvalue weighted by molar-refractivity contribution is -0.384. The summed E-state index contributed by atoms with van der Waals surface area (Å²) < 4.78 is 10.9. The zero-order valence-electron chi connectivity index (χ0n) is 12.9. The molecule has 0 spiro atoms. The second-order valence-corrected chi connectivity index (χ2v) is 5.78. The van der Waals surface area contributed by atoms with Crippen LogP contribution in [0.5, 0.6) is 5.75 Å². The largest absolute Gasteiger partial charge is 0.488 e. The van der Waals surface area contributed by atoms with Gasteiger partial charge in [-0.3, -0.25) is 10.1 Å². The van der Waals surface area contributed by atoms with Gasteiger partial charge < -0.3 is 14.4 Å². The molecule has 7 nitrogen and oxygen atoms in total. The van der Waals surface area contributed by atoms with Gasteiger partial charge in [-0.2, -0.15) is 0 Å². The maximum absolute atomic E-state index is 11.9. The van der Waals surface area contributed by atoms with Crippen LogP contribution in [-0.4, -0.2) is 41.7 Å². The zero-order valence-corrected chi connectivity index (χ0v) is 13.6. The Morgan fingerprint density at radius 3 is 2.96 bits per heavy atom. The fourth-order valence-electron chi connectivity index (χ4n) is 2.30. The molecule has 1 aromatic carbocycles. The smallest absolute Gasteiger partial charge is 0.409 e. The first-order valence-electron chi connectivity index (χ1n) is 7.53. The quantitative estimate of drug-likeness (QED) is 0.448. The maximum atomic E-state index is 11.9. The third-order valence-corrected chi connectivity index (χ3v) is 3.71. The van der Waals surface area contributed by atoms with Gasteiger partial charge in [-0.25, -0.2) is 4.79 Å². The summed E-state index contributed by atoms with van der Waals surface area (Å²) in [5, 5.41) is 11.1. The van der Waals surface area contributed by atoms with E-state index in [1.807, 2.05) is 6.92 Å². The Labute approximate surface area is 139 Å². The van der Waals surface area contributed by atoms with E-state index < -0.39 is 4.92 Å². The maximum Gasteiger partial charge on any atom is 0.409 e. The lowest BCUT2D eigenvalue weighted by Gasteiger charge is -2.17. The number of carbonyl (C=O) groups is 1. The van der Waals surface area contributed by atoms with Gasteiger partial charge in [0.25, 0.3) is 5.69 Å². The van der Waals surface area contributed by atoms with Crippen LogP contribution in [0.15, 0.2) is 18.2 Å². The number of hydrogen-bond acceptors (Lipinski definition) is 5. The number of amides is 1. The number of unbranched alkanes of at least 4 members (excludes halogenated alkanes) is 1. The molecule has 0 saturated carbocycles. The van der Waals surface area contributed by atoms with Crippen LogP contribution < -0.4 is 4.74 Å². The Balaban J connectivity index is 1.90. The van der Waals surface area contributed by atoms with E-state index in [0.717, 1.165) is 12.8 Å². The molecule has 1 unspecified atom stereocenters. The van der Waals surface area contributed by atoms with Crippen LogP contribution in [-0.2, 0) is 4.74 Å². The number of non-ortho nitro benzene ring substituents is 1. The predicted molar refractivity (Wildman–Crippen MR) is 85.0 cm³/mol. The summed E-state index contributed by atoms with van der Waals surface area (Å²) >= 11 is 5.86. The Morgan fingerprint density at radius 1 is 1.48 bits per heavy atom. The number of halogens is 1. The van der Waals surface area contributed by atoms with Crippen molar-refractivity contribution in [2.24, 2.45) is 0 Å². The van der Waals surface area contributed by atoms with E-state index >= 15 is 0 Å². The number of rotatable bonds is 6. The Morgan fingerprint density at radius 2 is 2.26 bits per heavy atom. The molecule has 0 aliphatic carbocycles. The molecule has 8 heteroatoms. The van der Waals surface area contributed by atoms with Crippen LogP contribution in [0.3, 0.4) is 0 Å². The average molecular weight is 343 g/mol. The molecule has 2 rings (SSSR count). The Hall–Kier alpha value is -2.02. The predicted octanol–water partition coefficient (Wildman–Crippen LogP) is 3.64. The highest BCUT2D eigenvalue weighted by molar-refractivity contribution is 6.30. The van der Waals surface area contributed by atoms with Crippen molar-refractivity contribution in [3.8, 4) is 5.75 Å². The van der Waals surface area contributed by atoms with Crippen molar-refractivity contribution < 1.29 is 19.2 Å². The van der Waals surface area contributed by atoms with Crippen molar-refractivity contribution in [1.82, 2.24) is 4.90 Å². The molecule has 0 bridgehead atoms. The van der Waals surface area contributed by atoms with E-state index in [-0.39, 0.29) is 22.9 Å². The highest BCUT2D eigenvalue weighted by Gasteiger charge is 2.29. The second kappa shape index (κ2) is 8.01. The third-order valence-electron chi connectivity index (χ3n) is 3.50. The van der Waals surface area contributed by atoms with Gasteiger partial charge in [0.2, 0.25) is 0 Å². The molecule has 126 valence electrons. The fourth-order valence-corrected chi connectivity index (χ4v) is 2.52. The van der Waals surface area contributed by atoms with Gasteiger partial charge in [0.15, 0.2) is 0 Å². The zero-order chi connectivity index (χ0) is 16.8. The van der Waals surface area contributed by atoms with Crippen LogP contribution in [0.2, 0.25) is 5.02 Å². The minimum Gasteiger partial charge on any atom is -0.488 e. The molecule has 0 radical (unpaired) electrons. The van der Waals surface area contributed by atoms with Gasteiger partial charge in [-0.1, -0.05) is 24.9 Å². The third kappa shape index (κ3) is 4.99. The lowest BCUT2D eigenvalue weighted by Crippen LogP contribution is -2.31. The number of nitro groups is 1. The van der Waals surface area contributed by atoms with Gasteiger partial charge in [-0.05, 0) is 12.5 Å². The molecule has 1 heterocycles.